The van der Waals surface area contributed by atoms with E-state index in [-0.39, 0.29) is 17.9 Å². The van der Waals surface area contributed by atoms with Crippen LogP contribution in [0.25, 0.3) is 0 Å². The number of rotatable bonds is 3. The van der Waals surface area contributed by atoms with Crippen molar-refractivity contribution in [2.75, 3.05) is 0 Å². The van der Waals surface area contributed by atoms with Gasteiger partial charge in [-0.15, -0.1) is 0 Å². The van der Waals surface area contributed by atoms with Crippen LogP contribution in [0.4, 0.5) is 0 Å². The zero-order valence-electron chi connectivity index (χ0n) is 8.33. The molecule has 1 unspecified atom stereocenters. The van der Waals surface area contributed by atoms with Crippen LogP contribution >= 0.6 is 0 Å². The van der Waals surface area contributed by atoms with Gasteiger partial charge in [-0.05, 0) is 18.8 Å². The van der Waals surface area contributed by atoms with Crippen LogP contribution in [0.5, 0.6) is 0 Å². The summed E-state index contributed by atoms with van der Waals surface area (Å²) in [4.78, 5) is 22.0. The molecule has 14 heavy (non-hydrogen) atoms. The molecule has 3 nitrogen and oxygen atoms in total. The zero-order chi connectivity index (χ0) is 9.97. The van der Waals surface area contributed by atoms with Gasteiger partial charge < -0.3 is 4.74 Å². The molecule has 1 aliphatic heterocycles. The van der Waals surface area contributed by atoms with Crippen molar-refractivity contribution >= 4 is 11.9 Å². The largest absolute Gasteiger partial charge is 0.393 e. The van der Waals surface area contributed by atoms with Crippen LogP contribution in [0.1, 0.15) is 44.9 Å². The van der Waals surface area contributed by atoms with Gasteiger partial charge in [0, 0.05) is 0 Å². The molecule has 1 aliphatic carbocycles. The van der Waals surface area contributed by atoms with Crippen molar-refractivity contribution < 1.29 is 14.3 Å². The van der Waals surface area contributed by atoms with E-state index in [4.69, 9.17) is 0 Å². The number of esters is 2. The summed E-state index contributed by atoms with van der Waals surface area (Å²) in [6.45, 7) is 0. The number of ether oxygens (including phenoxy) is 1. The fraction of sp³-hybridized carbons (Fsp3) is 0.818. The molecule has 0 aromatic rings. The average molecular weight is 196 g/mol. The third kappa shape index (κ3) is 2.14. The molecule has 2 fully saturated rings. The number of carbonyl (C=O) groups excluding carboxylic acids is 2. The van der Waals surface area contributed by atoms with Crippen molar-refractivity contribution in [3.8, 4) is 0 Å². The van der Waals surface area contributed by atoms with Crippen LogP contribution in [-0.4, -0.2) is 11.9 Å². The Morgan fingerprint density at radius 3 is 2.43 bits per heavy atom. The molecule has 1 atom stereocenters. The molecule has 0 aromatic carbocycles. The van der Waals surface area contributed by atoms with Crippen LogP contribution < -0.4 is 0 Å². The van der Waals surface area contributed by atoms with E-state index in [1.54, 1.807) is 0 Å². The Kier molecular flexibility index (Phi) is 2.85. The molecule has 2 rings (SSSR count). The second-order valence-electron chi connectivity index (χ2n) is 4.42. The quantitative estimate of drug-likeness (QED) is 0.512. The second-order valence-corrected chi connectivity index (χ2v) is 4.42. The van der Waals surface area contributed by atoms with Crippen molar-refractivity contribution in [2.24, 2.45) is 11.8 Å². The lowest BCUT2D eigenvalue weighted by atomic mass is 9.94. The Balaban J connectivity index is 1.74. The molecule has 1 saturated heterocycles. The molecule has 0 bridgehead atoms. The summed E-state index contributed by atoms with van der Waals surface area (Å²) in [7, 11) is 0. The summed E-state index contributed by atoms with van der Waals surface area (Å²) >= 11 is 0. The summed E-state index contributed by atoms with van der Waals surface area (Å²) in [5.41, 5.74) is 0. The van der Waals surface area contributed by atoms with Crippen molar-refractivity contribution in [3.63, 3.8) is 0 Å². The Morgan fingerprint density at radius 1 is 1.14 bits per heavy atom. The predicted molar refractivity (Wildman–Crippen MR) is 50.4 cm³/mol. The number of cyclic esters (lactones) is 2. The molecule has 1 saturated carbocycles. The summed E-state index contributed by atoms with van der Waals surface area (Å²) in [5, 5.41) is 0. The highest BCUT2D eigenvalue weighted by atomic mass is 16.6. The Hall–Kier alpha value is -0.860. The van der Waals surface area contributed by atoms with Crippen molar-refractivity contribution in [1.82, 2.24) is 0 Å². The number of carbonyl (C=O) groups is 2. The van der Waals surface area contributed by atoms with Crippen molar-refractivity contribution in [3.05, 3.63) is 0 Å². The predicted octanol–water partition coefficient (Wildman–Crippen LogP) is 2.05. The van der Waals surface area contributed by atoms with E-state index >= 15 is 0 Å². The van der Waals surface area contributed by atoms with E-state index in [1.165, 1.54) is 25.7 Å². The fourth-order valence-electron chi connectivity index (χ4n) is 2.48. The minimum atomic E-state index is -0.341. The first-order valence-corrected chi connectivity index (χ1v) is 5.50. The topological polar surface area (TPSA) is 43.4 Å². The molecule has 0 radical (unpaired) electrons. The fourth-order valence-corrected chi connectivity index (χ4v) is 2.48. The van der Waals surface area contributed by atoms with E-state index < -0.39 is 0 Å². The van der Waals surface area contributed by atoms with Gasteiger partial charge in [0.1, 0.15) is 0 Å². The molecule has 0 amide bonds. The van der Waals surface area contributed by atoms with E-state index in [9.17, 15) is 9.59 Å². The lowest BCUT2D eigenvalue weighted by Gasteiger charge is -2.09. The van der Waals surface area contributed by atoms with Gasteiger partial charge in [0.25, 0.3) is 0 Å². The first-order chi connectivity index (χ1) is 6.75. The van der Waals surface area contributed by atoms with Gasteiger partial charge in [0.2, 0.25) is 0 Å². The Bertz CT molecular complexity index is 241. The van der Waals surface area contributed by atoms with Gasteiger partial charge in [-0.3, -0.25) is 9.59 Å². The normalized spacial score (nSPS) is 28.4. The third-order valence-corrected chi connectivity index (χ3v) is 3.36. The molecule has 2 aliphatic rings. The van der Waals surface area contributed by atoms with Gasteiger partial charge in [-0.25, -0.2) is 0 Å². The highest BCUT2D eigenvalue weighted by molar-refractivity contribution is 5.94. The molecular formula is C11H16O3. The molecule has 0 N–H and O–H groups in total. The zero-order valence-corrected chi connectivity index (χ0v) is 8.33. The van der Waals surface area contributed by atoms with Crippen LogP contribution in [-0.2, 0) is 14.3 Å². The van der Waals surface area contributed by atoms with E-state index in [0.717, 1.165) is 18.8 Å². The van der Waals surface area contributed by atoms with Crippen LogP contribution in [0.3, 0.4) is 0 Å². The maximum atomic E-state index is 11.1. The monoisotopic (exact) mass is 196 g/mol. The van der Waals surface area contributed by atoms with E-state index in [2.05, 4.69) is 4.74 Å². The van der Waals surface area contributed by atoms with Gasteiger partial charge in [-0.2, -0.15) is 0 Å². The van der Waals surface area contributed by atoms with E-state index in [1.807, 2.05) is 0 Å². The van der Waals surface area contributed by atoms with Crippen LogP contribution in [0, 0.1) is 11.8 Å². The first-order valence-electron chi connectivity index (χ1n) is 5.50. The Labute approximate surface area is 83.8 Å². The minimum absolute atomic E-state index is 0.136. The van der Waals surface area contributed by atoms with Gasteiger partial charge in [0.15, 0.2) is 0 Å². The molecule has 78 valence electrons. The average Bonchev–Trinajstić information content (AvgIpc) is 2.72. The van der Waals surface area contributed by atoms with E-state index in [0.29, 0.717) is 6.42 Å². The standard InChI is InChI=1S/C11H16O3/c12-10-7-9(11(13)14-10)6-5-8-3-1-2-4-8/h8-9H,1-7H2. The summed E-state index contributed by atoms with van der Waals surface area (Å²) in [5.74, 6) is 0.0148. The minimum Gasteiger partial charge on any atom is -0.393 e. The van der Waals surface area contributed by atoms with Gasteiger partial charge >= 0.3 is 11.9 Å². The smallest absolute Gasteiger partial charge is 0.317 e. The van der Waals surface area contributed by atoms with Crippen molar-refractivity contribution in [2.45, 2.75) is 44.9 Å². The van der Waals surface area contributed by atoms with Gasteiger partial charge in [0.05, 0.1) is 12.3 Å². The third-order valence-electron chi connectivity index (χ3n) is 3.36. The Morgan fingerprint density at radius 2 is 1.86 bits per heavy atom. The summed E-state index contributed by atoms with van der Waals surface area (Å²) < 4.78 is 4.51. The lowest BCUT2D eigenvalue weighted by Crippen LogP contribution is -2.09. The molecular weight excluding hydrogens is 180 g/mol. The highest BCUT2D eigenvalue weighted by Gasteiger charge is 2.33. The maximum Gasteiger partial charge on any atom is 0.317 e. The molecule has 0 spiro atoms. The number of hydrogen-bond acceptors (Lipinski definition) is 3. The maximum absolute atomic E-state index is 11.1. The summed E-state index contributed by atoms with van der Waals surface area (Å²) in [6.07, 6.45) is 7.51. The van der Waals surface area contributed by atoms with Crippen LogP contribution in [0.15, 0.2) is 0 Å². The second kappa shape index (κ2) is 4.11. The van der Waals surface area contributed by atoms with Crippen LogP contribution in [0.2, 0.25) is 0 Å². The molecule has 3 heteroatoms. The molecule has 0 aromatic heterocycles. The lowest BCUT2D eigenvalue weighted by molar-refractivity contribution is -0.153. The highest BCUT2D eigenvalue weighted by Crippen LogP contribution is 2.31. The van der Waals surface area contributed by atoms with Gasteiger partial charge in [-0.1, -0.05) is 25.7 Å². The van der Waals surface area contributed by atoms with Crippen molar-refractivity contribution in [1.29, 1.82) is 0 Å². The number of hydrogen-bond donors (Lipinski definition) is 0. The molecule has 1 heterocycles. The summed E-state index contributed by atoms with van der Waals surface area (Å²) in [6, 6.07) is 0. The SMILES string of the molecule is O=C1CC(CCC2CCCC2)C(=O)O1. The first kappa shape index (κ1) is 9.69.